The number of nitrogens with zero attached hydrogens (tertiary/aromatic N) is 2. The van der Waals surface area contributed by atoms with Crippen LogP contribution in [0.15, 0.2) is 4.99 Å². The van der Waals surface area contributed by atoms with E-state index in [-0.39, 0.29) is 0 Å². The van der Waals surface area contributed by atoms with Crippen molar-refractivity contribution in [2.45, 2.75) is 39.2 Å². The van der Waals surface area contributed by atoms with E-state index in [0.29, 0.717) is 12.0 Å². The predicted molar refractivity (Wildman–Crippen MR) is 94.1 cm³/mol. The van der Waals surface area contributed by atoms with Gasteiger partial charge in [0.2, 0.25) is 0 Å². The Morgan fingerprint density at radius 1 is 1.22 bits per heavy atom. The van der Waals surface area contributed by atoms with Crippen molar-refractivity contribution in [3.63, 3.8) is 0 Å². The van der Waals surface area contributed by atoms with Gasteiger partial charge in [0.05, 0.1) is 12.7 Å². The van der Waals surface area contributed by atoms with Gasteiger partial charge in [-0.2, -0.15) is 0 Å². The lowest BCUT2D eigenvalue weighted by Gasteiger charge is -2.34. The van der Waals surface area contributed by atoms with E-state index in [4.69, 9.17) is 14.2 Å². The van der Waals surface area contributed by atoms with Crippen LogP contribution in [0.5, 0.6) is 0 Å². The van der Waals surface area contributed by atoms with Gasteiger partial charge in [0.25, 0.3) is 0 Å². The highest BCUT2D eigenvalue weighted by Gasteiger charge is 2.21. The molecule has 0 aromatic heterocycles. The molecule has 0 amide bonds. The van der Waals surface area contributed by atoms with E-state index in [1.807, 2.05) is 7.05 Å². The summed E-state index contributed by atoms with van der Waals surface area (Å²) in [4.78, 5) is 6.68. The Bertz CT molecular complexity index is 316. The zero-order valence-corrected chi connectivity index (χ0v) is 15.3. The van der Waals surface area contributed by atoms with Crippen LogP contribution in [0.4, 0.5) is 0 Å². The molecule has 1 aliphatic heterocycles. The molecule has 23 heavy (non-hydrogen) atoms. The zero-order chi connectivity index (χ0) is 16.9. The van der Waals surface area contributed by atoms with E-state index < -0.39 is 0 Å². The molecule has 1 saturated heterocycles. The van der Waals surface area contributed by atoms with Crippen molar-refractivity contribution in [1.82, 2.24) is 10.2 Å². The maximum Gasteiger partial charge on any atom is 0.193 e. The Hall–Kier alpha value is -0.850. The molecular weight excluding hydrogens is 294 g/mol. The maximum absolute atomic E-state index is 5.90. The van der Waals surface area contributed by atoms with E-state index in [1.165, 1.54) is 0 Å². The number of piperidine rings is 1. The fourth-order valence-corrected chi connectivity index (χ4v) is 2.57. The summed E-state index contributed by atoms with van der Waals surface area (Å²) in [6.07, 6.45) is 3.45. The molecule has 1 heterocycles. The number of ether oxygens (including phenoxy) is 3. The Morgan fingerprint density at radius 3 is 2.57 bits per heavy atom. The van der Waals surface area contributed by atoms with Crippen LogP contribution in [0.25, 0.3) is 0 Å². The second kappa shape index (κ2) is 12.6. The Balaban J connectivity index is 2.15. The smallest absolute Gasteiger partial charge is 0.193 e. The van der Waals surface area contributed by atoms with Crippen molar-refractivity contribution in [3.8, 4) is 0 Å². The van der Waals surface area contributed by atoms with Crippen molar-refractivity contribution >= 4 is 5.96 Å². The first kappa shape index (κ1) is 20.2. The molecule has 0 saturated carbocycles. The summed E-state index contributed by atoms with van der Waals surface area (Å²) in [7, 11) is 3.57. The fraction of sp³-hybridized carbons (Fsp3) is 0.941. The quantitative estimate of drug-likeness (QED) is 0.376. The molecule has 1 aliphatic rings. The van der Waals surface area contributed by atoms with Gasteiger partial charge in [0, 0.05) is 53.6 Å². The van der Waals surface area contributed by atoms with Gasteiger partial charge in [-0.05, 0) is 25.2 Å². The third-order valence-corrected chi connectivity index (χ3v) is 3.78. The summed E-state index contributed by atoms with van der Waals surface area (Å²) < 4.78 is 16.5. The van der Waals surface area contributed by atoms with Crippen molar-refractivity contribution in [1.29, 1.82) is 0 Å². The summed E-state index contributed by atoms with van der Waals surface area (Å²) >= 11 is 0. The van der Waals surface area contributed by atoms with Crippen LogP contribution in [0.2, 0.25) is 0 Å². The van der Waals surface area contributed by atoms with Gasteiger partial charge in [-0.25, -0.2) is 0 Å². The number of nitrogens with one attached hydrogen (secondary N) is 1. The number of rotatable bonds is 10. The second-order valence-corrected chi connectivity index (χ2v) is 6.35. The van der Waals surface area contributed by atoms with Gasteiger partial charge in [0.15, 0.2) is 5.96 Å². The molecule has 0 aliphatic carbocycles. The van der Waals surface area contributed by atoms with Crippen LogP contribution < -0.4 is 5.32 Å². The van der Waals surface area contributed by atoms with E-state index in [9.17, 15) is 0 Å². The molecule has 136 valence electrons. The van der Waals surface area contributed by atoms with Crippen molar-refractivity contribution in [3.05, 3.63) is 0 Å². The van der Waals surface area contributed by atoms with Gasteiger partial charge in [0.1, 0.15) is 0 Å². The summed E-state index contributed by atoms with van der Waals surface area (Å²) in [5.74, 6) is 1.55. The molecule has 0 aromatic carbocycles. The van der Waals surface area contributed by atoms with Crippen LogP contribution in [0.1, 0.15) is 33.1 Å². The van der Waals surface area contributed by atoms with Crippen molar-refractivity contribution in [2.24, 2.45) is 10.9 Å². The Morgan fingerprint density at radius 2 is 1.96 bits per heavy atom. The predicted octanol–water partition coefficient (Wildman–Crippen LogP) is 1.75. The van der Waals surface area contributed by atoms with E-state index in [2.05, 4.69) is 29.1 Å². The van der Waals surface area contributed by atoms with Crippen molar-refractivity contribution < 1.29 is 14.2 Å². The van der Waals surface area contributed by atoms with Crippen LogP contribution >= 0.6 is 0 Å². The molecule has 6 nitrogen and oxygen atoms in total. The molecule has 0 radical (unpaired) electrons. The van der Waals surface area contributed by atoms with Crippen molar-refractivity contribution in [2.75, 3.05) is 60.2 Å². The minimum Gasteiger partial charge on any atom is -0.385 e. The molecule has 0 unspecified atom stereocenters. The lowest BCUT2D eigenvalue weighted by Crippen LogP contribution is -2.47. The Kier molecular flexibility index (Phi) is 11.0. The highest BCUT2D eigenvalue weighted by Crippen LogP contribution is 2.14. The number of aliphatic imine (C=N–C) groups is 1. The van der Waals surface area contributed by atoms with Gasteiger partial charge < -0.3 is 24.4 Å². The molecule has 6 heteroatoms. The molecule has 0 atom stereocenters. The first-order valence-electron chi connectivity index (χ1n) is 8.81. The van der Waals surface area contributed by atoms with E-state index in [0.717, 1.165) is 71.3 Å². The topological polar surface area (TPSA) is 55.3 Å². The first-order valence-corrected chi connectivity index (χ1v) is 8.81. The Labute approximate surface area is 141 Å². The average molecular weight is 329 g/mol. The monoisotopic (exact) mass is 329 g/mol. The molecule has 0 bridgehead atoms. The van der Waals surface area contributed by atoms with E-state index >= 15 is 0 Å². The summed E-state index contributed by atoms with van der Waals surface area (Å²) in [5.41, 5.74) is 0. The summed E-state index contributed by atoms with van der Waals surface area (Å²) in [6, 6.07) is 0. The summed E-state index contributed by atoms with van der Waals surface area (Å²) in [5, 5.41) is 3.38. The maximum atomic E-state index is 5.90. The molecular formula is C17H35N3O3. The fourth-order valence-electron chi connectivity index (χ4n) is 2.57. The third kappa shape index (κ3) is 9.13. The van der Waals surface area contributed by atoms with Crippen LogP contribution in [-0.2, 0) is 14.2 Å². The zero-order valence-electron chi connectivity index (χ0n) is 15.3. The largest absolute Gasteiger partial charge is 0.385 e. The van der Waals surface area contributed by atoms with Crippen LogP contribution in [0.3, 0.4) is 0 Å². The average Bonchev–Trinajstić information content (AvgIpc) is 2.55. The highest BCUT2D eigenvalue weighted by atomic mass is 16.5. The summed E-state index contributed by atoms with van der Waals surface area (Å²) in [6.45, 7) is 10.2. The molecule has 0 spiro atoms. The van der Waals surface area contributed by atoms with Gasteiger partial charge in [-0.1, -0.05) is 13.8 Å². The molecule has 1 rings (SSSR count). The highest BCUT2D eigenvalue weighted by molar-refractivity contribution is 5.79. The third-order valence-electron chi connectivity index (χ3n) is 3.78. The molecule has 1 N–H and O–H groups in total. The minimum atomic E-state index is 0.371. The van der Waals surface area contributed by atoms with Crippen LogP contribution in [0, 0.1) is 5.92 Å². The lowest BCUT2D eigenvalue weighted by molar-refractivity contribution is 0.00983. The number of hydrogen-bond donors (Lipinski definition) is 1. The number of methoxy groups -OCH3 is 1. The number of likely N-dealkylation sites (tertiary alicyclic amines) is 1. The van der Waals surface area contributed by atoms with Gasteiger partial charge >= 0.3 is 0 Å². The molecule has 1 fully saturated rings. The molecule has 0 aromatic rings. The second-order valence-electron chi connectivity index (χ2n) is 6.35. The number of guanidine groups is 1. The van der Waals surface area contributed by atoms with Gasteiger partial charge in [-0.3, -0.25) is 4.99 Å². The SMILES string of the molecule is CN=C(NCCOCC(C)C)N1CCC(OCCCOC)CC1. The number of hydrogen-bond acceptors (Lipinski definition) is 4. The standard InChI is InChI=1S/C17H35N3O3/c1-15(2)14-22-13-8-19-17(18-3)20-9-6-16(7-10-20)23-12-5-11-21-4/h15-16H,5-14H2,1-4H3,(H,18,19). The van der Waals surface area contributed by atoms with Crippen LogP contribution in [-0.4, -0.2) is 77.2 Å². The first-order chi connectivity index (χ1) is 11.2. The normalized spacial score (nSPS) is 17.1. The van der Waals surface area contributed by atoms with E-state index in [1.54, 1.807) is 7.11 Å². The van der Waals surface area contributed by atoms with Gasteiger partial charge in [-0.15, -0.1) is 0 Å². The minimum absolute atomic E-state index is 0.371. The lowest BCUT2D eigenvalue weighted by atomic mass is 10.1.